The van der Waals surface area contributed by atoms with Gasteiger partial charge >= 0.3 is 11.8 Å². The maximum atomic E-state index is 12.1. The summed E-state index contributed by atoms with van der Waals surface area (Å²) in [4.78, 5) is 31.8. The van der Waals surface area contributed by atoms with Gasteiger partial charge in [-0.25, -0.2) is 9.78 Å². The minimum Gasteiger partial charge on any atom is -0.444 e. The van der Waals surface area contributed by atoms with Crippen LogP contribution in [-0.2, 0) is 17.8 Å². The molecule has 11 heteroatoms. The van der Waals surface area contributed by atoms with Crippen molar-refractivity contribution in [2.24, 2.45) is 5.92 Å². The molecule has 3 aromatic rings. The monoisotopic (exact) mass is 576 g/mol. The zero-order chi connectivity index (χ0) is 30.3. The Labute approximate surface area is 246 Å². The lowest BCUT2D eigenvalue weighted by molar-refractivity contribution is -0.384. The maximum Gasteiger partial charge on any atom is 0.407 e. The van der Waals surface area contributed by atoms with Gasteiger partial charge in [-0.1, -0.05) is 36.4 Å². The summed E-state index contributed by atoms with van der Waals surface area (Å²) in [6.07, 6.45) is 3.75. The maximum absolute atomic E-state index is 12.1. The first-order chi connectivity index (χ1) is 20.0. The van der Waals surface area contributed by atoms with Crippen molar-refractivity contribution in [2.75, 3.05) is 17.2 Å². The predicted molar refractivity (Wildman–Crippen MR) is 162 cm³/mol. The fourth-order valence-electron chi connectivity index (χ4n) is 5.01. The molecule has 42 heavy (non-hydrogen) atoms. The van der Waals surface area contributed by atoms with Crippen LogP contribution >= 0.6 is 0 Å². The van der Waals surface area contributed by atoms with E-state index >= 15 is 0 Å². The highest BCUT2D eigenvalue weighted by molar-refractivity contribution is 5.70. The number of hydrogen-bond donors (Lipinski definition) is 4. The summed E-state index contributed by atoms with van der Waals surface area (Å²) in [5.41, 5.74) is 4.39. The molecule has 0 saturated heterocycles. The summed E-state index contributed by atoms with van der Waals surface area (Å²) in [6, 6.07) is 14.0. The molecule has 0 radical (unpaired) electrons. The van der Waals surface area contributed by atoms with Crippen molar-refractivity contribution in [1.82, 2.24) is 15.3 Å². The number of carbonyl (C=O) groups excluding carboxylic acids is 1. The average Bonchev–Trinajstić information content (AvgIpc) is 2.94. The van der Waals surface area contributed by atoms with Gasteiger partial charge in [-0.05, 0) is 93.2 Å². The lowest BCUT2D eigenvalue weighted by Crippen LogP contribution is -2.32. The second kappa shape index (κ2) is 13.6. The molecule has 0 bridgehead atoms. The van der Waals surface area contributed by atoms with E-state index in [2.05, 4.69) is 25.9 Å². The minimum atomic E-state index is -0.560. The Balaban J connectivity index is 1.43. The highest BCUT2D eigenvalue weighted by Gasteiger charge is 2.22. The number of aliphatic hydroxyl groups excluding tert-OH is 1. The number of aliphatic hydroxyl groups is 1. The van der Waals surface area contributed by atoms with E-state index in [9.17, 15) is 20.0 Å². The van der Waals surface area contributed by atoms with E-state index in [1.54, 1.807) is 0 Å². The normalized spacial score (nSPS) is 16.9. The van der Waals surface area contributed by atoms with Gasteiger partial charge in [0.05, 0.1) is 11.0 Å². The average molecular weight is 577 g/mol. The van der Waals surface area contributed by atoms with Crippen LogP contribution in [0, 0.1) is 23.0 Å². The van der Waals surface area contributed by atoms with E-state index in [4.69, 9.17) is 4.74 Å². The molecule has 11 nitrogen and oxygen atoms in total. The number of aromatic nitrogens is 2. The molecule has 4 rings (SSSR count). The number of hydrogen-bond acceptors (Lipinski definition) is 9. The van der Waals surface area contributed by atoms with Crippen molar-refractivity contribution in [2.45, 2.75) is 78.2 Å². The second-order valence-electron chi connectivity index (χ2n) is 11.7. The quantitative estimate of drug-likeness (QED) is 0.169. The first-order valence-corrected chi connectivity index (χ1v) is 14.3. The molecule has 4 N–H and O–H groups in total. The fraction of sp³-hybridized carbons (Fsp3) is 0.452. The highest BCUT2D eigenvalue weighted by Crippen LogP contribution is 2.29. The van der Waals surface area contributed by atoms with Gasteiger partial charge in [-0.2, -0.15) is 4.98 Å². The molecule has 1 saturated carbocycles. The van der Waals surface area contributed by atoms with Gasteiger partial charge in [0.1, 0.15) is 11.8 Å². The predicted octanol–water partition coefficient (Wildman–Crippen LogP) is 5.96. The number of amides is 1. The molecule has 0 unspecified atom stereocenters. The van der Waals surface area contributed by atoms with Crippen LogP contribution in [0.5, 0.6) is 0 Å². The van der Waals surface area contributed by atoms with Crippen LogP contribution in [0.25, 0.3) is 11.1 Å². The van der Waals surface area contributed by atoms with Gasteiger partial charge in [0.2, 0.25) is 11.8 Å². The number of nitro groups is 1. The Hall–Kier alpha value is -4.25. The summed E-state index contributed by atoms with van der Waals surface area (Å²) in [5, 5.41) is 30.5. The number of benzene rings is 2. The largest absolute Gasteiger partial charge is 0.444 e. The standard InChI is InChI=1S/C31H40N6O5/c1-20-24(9-6-10-26(20)23-8-5-7-22(15-23)17-35-30(39)42-31(2,3)4)18-33-29-34-19-27(37(40)41)28(36-29)32-16-21-11-13-25(38)14-12-21/h5-10,15,19,21,25,38H,11-14,16-18H2,1-4H3,(H,35,39)(H2,32,33,34,36)/t21-,25+. The number of carbonyl (C=O) groups is 1. The number of anilines is 2. The van der Waals surface area contributed by atoms with Crippen molar-refractivity contribution in [1.29, 1.82) is 0 Å². The molecule has 2 aromatic carbocycles. The molecule has 1 amide bonds. The molecule has 224 valence electrons. The molecule has 1 heterocycles. The third-order valence-electron chi connectivity index (χ3n) is 7.30. The summed E-state index contributed by atoms with van der Waals surface area (Å²) in [6.45, 7) is 8.85. The van der Waals surface area contributed by atoms with E-state index in [-0.39, 0.29) is 17.6 Å². The third-order valence-corrected chi connectivity index (χ3v) is 7.30. The lowest BCUT2D eigenvalue weighted by Gasteiger charge is -2.25. The van der Waals surface area contributed by atoms with Gasteiger partial charge in [-0.15, -0.1) is 0 Å². The molecular weight excluding hydrogens is 536 g/mol. The molecule has 0 aliphatic heterocycles. The van der Waals surface area contributed by atoms with Crippen LogP contribution in [0.15, 0.2) is 48.7 Å². The van der Waals surface area contributed by atoms with Gasteiger partial charge in [-0.3, -0.25) is 10.1 Å². The summed E-state index contributed by atoms with van der Waals surface area (Å²) in [5.74, 6) is 0.810. The Bertz CT molecular complexity index is 1400. The van der Waals surface area contributed by atoms with Gasteiger partial charge in [0, 0.05) is 19.6 Å². The van der Waals surface area contributed by atoms with Crippen LogP contribution < -0.4 is 16.0 Å². The zero-order valence-corrected chi connectivity index (χ0v) is 24.6. The Morgan fingerprint density at radius 2 is 1.83 bits per heavy atom. The van der Waals surface area contributed by atoms with Crippen molar-refractivity contribution in [3.63, 3.8) is 0 Å². The summed E-state index contributed by atoms with van der Waals surface area (Å²) in [7, 11) is 0. The number of ether oxygens (including phenoxy) is 1. The SMILES string of the molecule is Cc1c(CNc2ncc([N+](=O)[O-])c(NC[C@H]3CC[C@@H](O)CC3)n2)cccc1-c1cccc(CNC(=O)OC(C)(C)C)c1. The van der Waals surface area contributed by atoms with Crippen molar-refractivity contribution in [3.8, 4) is 11.1 Å². The van der Waals surface area contributed by atoms with Crippen molar-refractivity contribution < 1.29 is 19.6 Å². The summed E-state index contributed by atoms with van der Waals surface area (Å²) >= 11 is 0. The van der Waals surface area contributed by atoms with Crippen molar-refractivity contribution >= 4 is 23.5 Å². The molecule has 1 aromatic heterocycles. The molecule has 0 spiro atoms. The third kappa shape index (κ3) is 8.62. The minimum absolute atomic E-state index is 0.171. The summed E-state index contributed by atoms with van der Waals surface area (Å²) < 4.78 is 5.33. The van der Waals surface area contributed by atoms with E-state index in [1.807, 2.05) is 70.2 Å². The van der Waals surface area contributed by atoms with Crippen LogP contribution in [0.4, 0.5) is 22.2 Å². The Morgan fingerprint density at radius 3 is 2.55 bits per heavy atom. The van der Waals surface area contributed by atoms with Crippen LogP contribution in [0.1, 0.15) is 63.1 Å². The van der Waals surface area contributed by atoms with E-state index in [0.29, 0.717) is 31.5 Å². The van der Waals surface area contributed by atoms with E-state index in [0.717, 1.165) is 53.5 Å². The molecule has 1 fully saturated rings. The molecule has 1 aliphatic rings. The lowest BCUT2D eigenvalue weighted by atomic mass is 9.87. The molecule has 0 atom stereocenters. The van der Waals surface area contributed by atoms with Crippen LogP contribution in [-0.4, -0.2) is 44.3 Å². The van der Waals surface area contributed by atoms with Gasteiger partial charge < -0.3 is 25.8 Å². The van der Waals surface area contributed by atoms with Crippen LogP contribution in [0.2, 0.25) is 0 Å². The number of rotatable bonds is 10. The number of nitrogens with zero attached hydrogens (tertiary/aromatic N) is 3. The van der Waals surface area contributed by atoms with E-state index < -0.39 is 16.6 Å². The van der Waals surface area contributed by atoms with Crippen molar-refractivity contribution in [3.05, 3.63) is 75.5 Å². The topological polar surface area (TPSA) is 152 Å². The smallest absolute Gasteiger partial charge is 0.407 e. The first kappa shape index (κ1) is 30.7. The fourth-order valence-corrected chi connectivity index (χ4v) is 5.01. The Morgan fingerprint density at radius 1 is 1.10 bits per heavy atom. The zero-order valence-electron chi connectivity index (χ0n) is 24.6. The number of nitrogens with one attached hydrogen (secondary N) is 3. The van der Waals surface area contributed by atoms with Gasteiger partial charge in [0.15, 0.2) is 0 Å². The number of alkyl carbamates (subject to hydrolysis) is 1. The van der Waals surface area contributed by atoms with Gasteiger partial charge in [0.25, 0.3) is 0 Å². The Kier molecular flexibility index (Phi) is 9.95. The highest BCUT2D eigenvalue weighted by atomic mass is 16.6. The molecular formula is C31H40N6O5. The van der Waals surface area contributed by atoms with Crippen LogP contribution in [0.3, 0.4) is 0 Å². The van der Waals surface area contributed by atoms with E-state index in [1.165, 1.54) is 6.20 Å². The second-order valence-corrected chi connectivity index (χ2v) is 11.7. The molecule has 1 aliphatic carbocycles. The first-order valence-electron chi connectivity index (χ1n) is 14.3.